The summed E-state index contributed by atoms with van der Waals surface area (Å²) < 4.78 is 0. The van der Waals surface area contributed by atoms with E-state index in [0.717, 1.165) is 11.8 Å². The van der Waals surface area contributed by atoms with Gasteiger partial charge in [-0.1, -0.05) is 79.9 Å². The molecule has 0 aromatic heterocycles. The van der Waals surface area contributed by atoms with Gasteiger partial charge in [-0.15, -0.1) is 0 Å². The zero-order valence-electron chi connectivity index (χ0n) is 12.5. The molecule has 0 saturated heterocycles. The van der Waals surface area contributed by atoms with Crippen LogP contribution >= 0.6 is 0 Å². The average Bonchev–Trinajstić information content (AvgIpc) is 2.25. The lowest BCUT2D eigenvalue weighted by atomic mass is 9.77. The van der Waals surface area contributed by atoms with E-state index < -0.39 is 0 Å². The van der Waals surface area contributed by atoms with E-state index in [4.69, 9.17) is 0 Å². The fourth-order valence-corrected chi connectivity index (χ4v) is 1.83. The highest BCUT2D eigenvalue weighted by molar-refractivity contribution is 4.96. The molecule has 0 aromatic rings. The van der Waals surface area contributed by atoms with Crippen molar-refractivity contribution in [1.29, 1.82) is 0 Å². The molecule has 0 amide bonds. The van der Waals surface area contributed by atoms with Crippen molar-refractivity contribution >= 4 is 0 Å². The van der Waals surface area contributed by atoms with E-state index in [0.29, 0.717) is 11.3 Å². The molecule has 0 heterocycles. The summed E-state index contributed by atoms with van der Waals surface area (Å²) in [6.07, 6.45) is 8.76. The van der Waals surface area contributed by atoms with Crippen molar-refractivity contribution in [2.75, 3.05) is 0 Å². The van der Waals surface area contributed by atoms with Crippen molar-refractivity contribution in [2.24, 2.45) is 23.2 Å². The minimum absolute atomic E-state index is 0.435. The summed E-state index contributed by atoms with van der Waals surface area (Å²) in [4.78, 5) is 0. The number of hydrogen-bond donors (Lipinski definition) is 0. The molecule has 16 heavy (non-hydrogen) atoms. The molecular weight excluding hydrogens is 192 g/mol. The first kappa shape index (κ1) is 15.7. The second-order valence-corrected chi connectivity index (χ2v) is 6.14. The molecule has 96 valence electrons. The van der Waals surface area contributed by atoms with Crippen LogP contribution in [0.1, 0.15) is 67.7 Å². The Labute approximate surface area is 104 Å². The molecule has 0 saturated carbocycles. The van der Waals surface area contributed by atoms with Crippen molar-refractivity contribution in [3.05, 3.63) is 12.2 Å². The molecule has 0 N–H and O–H groups in total. The summed E-state index contributed by atoms with van der Waals surface area (Å²) in [7, 11) is 0. The van der Waals surface area contributed by atoms with Gasteiger partial charge < -0.3 is 0 Å². The van der Waals surface area contributed by atoms with Crippen LogP contribution in [0.5, 0.6) is 0 Å². The van der Waals surface area contributed by atoms with Crippen LogP contribution in [0.3, 0.4) is 0 Å². The van der Waals surface area contributed by atoms with Gasteiger partial charge in [-0.2, -0.15) is 0 Å². The van der Waals surface area contributed by atoms with Crippen molar-refractivity contribution in [3.8, 4) is 0 Å². The van der Waals surface area contributed by atoms with Gasteiger partial charge in [0.2, 0.25) is 0 Å². The topological polar surface area (TPSA) is 0 Å². The maximum atomic E-state index is 2.43. The van der Waals surface area contributed by atoms with Crippen LogP contribution in [0.2, 0.25) is 0 Å². The van der Waals surface area contributed by atoms with E-state index >= 15 is 0 Å². The molecule has 0 heteroatoms. The fraction of sp³-hybridized carbons (Fsp3) is 0.875. The highest BCUT2D eigenvalue weighted by atomic mass is 14.3. The van der Waals surface area contributed by atoms with Gasteiger partial charge in [0.15, 0.2) is 0 Å². The van der Waals surface area contributed by atoms with E-state index in [2.05, 4.69) is 60.6 Å². The number of hydrogen-bond acceptors (Lipinski definition) is 0. The molecule has 0 rings (SSSR count). The second kappa shape index (κ2) is 7.14. The third kappa shape index (κ3) is 5.18. The minimum Gasteiger partial charge on any atom is -0.0851 e. The van der Waals surface area contributed by atoms with E-state index in [1.807, 2.05) is 0 Å². The third-order valence-electron chi connectivity index (χ3n) is 4.49. The smallest absolute Gasteiger partial charge is 0.0211 e. The highest BCUT2D eigenvalue weighted by Gasteiger charge is 2.21. The van der Waals surface area contributed by atoms with Crippen LogP contribution in [-0.2, 0) is 0 Å². The Morgan fingerprint density at radius 1 is 1.00 bits per heavy atom. The maximum absolute atomic E-state index is 2.43. The van der Waals surface area contributed by atoms with Crippen molar-refractivity contribution in [2.45, 2.75) is 67.7 Å². The quantitative estimate of drug-likeness (QED) is 0.487. The Hall–Kier alpha value is -0.260. The standard InChI is InChI=1S/C16H32/c1-8-10-13(3)14(4)11-12-15(5)16(6,7)9-2/h11-15H,8-10H2,1-7H3. The molecule has 3 atom stereocenters. The lowest BCUT2D eigenvalue weighted by Gasteiger charge is -2.28. The summed E-state index contributed by atoms with van der Waals surface area (Å²) in [5.74, 6) is 2.21. The normalized spacial score (nSPS) is 18.7. The highest BCUT2D eigenvalue weighted by Crippen LogP contribution is 2.31. The predicted molar refractivity (Wildman–Crippen MR) is 75.6 cm³/mol. The Morgan fingerprint density at radius 3 is 2.00 bits per heavy atom. The van der Waals surface area contributed by atoms with E-state index in [1.54, 1.807) is 0 Å². The summed E-state index contributed by atoms with van der Waals surface area (Å²) in [6.45, 7) is 16.3. The van der Waals surface area contributed by atoms with E-state index in [9.17, 15) is 0 Å². The molecular formula is C16H32. The molecule has 0 fully saturated rings. The van der Waals surface area contributed by atoms with Gasteiger partial charge in [0.1, 0.15) is 0 Å². The second-order valence-electron chi connectivity index (χ2n) is 6.14. The molecule has 0 aliphatic heterocycles. The summed E-state index contributed by atoms with van der Waals surface area (Å²) in [6, 6.07) is 0. The van der Waals surface area contributed by atoms with Crippen LogP contribution in [0.4, 0.5) is 0 Å². The minimum atomic E-state index is 0.435. The van der Waals surface area contributed by atoms with Gasteiger partial charge in [0, 0.05) is 0 Å². The van der Waals surface area contributed by atoms with Crippen molar-refractivity contribution < 1.29 is 0 Å². The Bertz CT molecular complexity index is 200. The van der Waals surface area contributed by atoms with Gasteiger partial charge in [0.25, 0.3) is 0 Å². The van der Waals surface area contributed by atoms with Crippen LogP contribution in [0.15, 0.2) is 12.2 Å². The zero-order chi connectivity index (χ0) is 12.8. The molecule has 3 unspecified atom stereocenters. The van der Waals surface area contributed by atoms with Crippen molar-refractivity contribution in [1.82, 2.24) is 0 Å². The first-order valence-corrected chi connectivity index (χ1v) is 7.03. The molecule has 0 aliphatic rings. The average molecular weight is 224 g/mol. The van der Waals surface area contributed by atoms with Crippen LogP contribution < -0.4 is 0 Å². The monoisotopic (exact) mass is 224 g/mol. The van der Waals surface area contributed by atoms with Gasteiger partial charge in [-0.25, -0.2) is 0 Å². The molecule has 0 radical (unpaired) electrons. The number of rotatable bonds is 7. The van der Waals surface area contributed by atoms with Crippen LogP contribution in [-0.4, -0.2) is 0 Å². The Kier molecular flexibility index (Phi) is 7.03. The molecule has 0 aromatic carbocycles. The largest absolute Gasteiger partial charge is 0.0851 e. The first-order chi connectivity index (χ1) is 7.35. The number of allylic oxidation sites excluding steroid dienone is 2. The van der Waals surface area contributed by atoms with Gasteiger partial charge in [0.05, 0.1) is 0 Å². The van der Waals surface area contributed by atoms with Gasteiger partial charge >= 0.3 is 0 Å². The summed E-state index contributed by atoms with van der Waals surface area (Å²) in [5.41, 5.74) is 0.435. The first-order valence-electron chi connectivity index (χ1n) is 7.03. The lowest BCUT2D eigenvalue weighted by molar-refractivity contribution is 0.265. The molecule has 0 bridgehead atoms. The van der Waals surface area contributed by atoms with E-state index in [-0.39, 0.29) is 0 Å². The van der Waals surface area contributed by atoms with Crippen molar-refractivity contribution in [3.63, 3.8) is 0 Å². The Balaban J connectivity index is 4.26. The zero-order valence-corrected chi connectivity index (χ0v) is 12.5. The fourth-order valence-electron chi connectivity index (χ4n) is 1.83. The summed E-state index contributed by atoms with van der Waals surface area (Å²) in [5, 5.41) is 0. The van der Waals surface area contributed by atoms with Crippen LogP contribution in [0, 0.1) is 23.2 Å². The predicted octanol–water partition coefficient (Wildman–Crippen LogP) is 5.69. The SMILES string of the molecule is CCCC(C)C(C)C=CC(C)C(C)(C)CC. The van der Waals surface area contributed by atoms with Crippen LogP contribution in [0.25, 0.3) is 0 Å². The lowest BCUT2D eigenvalue weighted by Crippen LogP contribution is -2.19. The molecule has 0 aliphatic carbocycles. The van der Waals surface area contributed by atoms with E-state index in [1.165, 1.54) is 19.3 Å². The Morgan fingerprint density at radius 2 is 1.56 bits per heavy atom. The van der Waals surface area contributed by atoms with Gasteiger partial charge in [-0.05, 0) is 23.2 Å². The summed E-state index contributed by atoms with van der Waals surface area (Å²) >= 11 is 0. The molecule has 0 nitrogen and oxygen atoms in total. The van der Waals surface area contributed by atoms with Gasteiger partial charge in [-0.3, -0.25) is 0 Å². The third-order valence-corrected chi connectivity index (χ3v) is 4.49. The maximum Gasteiger partial charge on any atom is -0.0211 e. The molecule has 0 spiro atoms.